The van der Waals surface area contributed by atoms with Crippen LogP contribution in [0.2, 0.25) is 5.02 Å². The van der Waals surface area contributed by atoms with Gasteiger partial charge >= 0.3 is 0 Å². The van der Waals surface area contributed by atoms with Crippen LogP contribution in [0.15, 0.2) is 18.2 Å². The lowest BCUT2D eigenvalue weighted by atomic mass is 9.83. The van der Waals surface area contributed by atoms with Gasteiger partial charge < -0.3 is 0 Å². The van der Waals surface area contributed by atoms with Crippen molar-refractivity contribution in [3.8, 4) is 0 Å². The first kappa shape index (κ1) is 12.2. The first-order valence-corrected chi connectivity index (χ1v) is 5.97. The number of ketones is 2. The van der Waals surface area contributed by atoms with Crippen molar-refractivity contribution in [1.29, 1.82) is 0 Å². The van der Waals surface area contributed by atoms with E-state index < -0.39 is 5.82 Å². The molecule has 0 amide bonds. The molecule has 1 unspecified atom stereocenters. The normalized spacial score (nSPS) is 20.4. The third-order valence-electron chi connectivity index (χ3n) is 3.07. The van der Waals surface area contributed by atoms with E-state index >= 15 is 0 Å². The standard InChI is InChI=1S/C13H12ClFO2/c14-11-6-2-5-10(12(11)15)13(17)8-3-1-4-9(16)7-8/h2,5-6,8H,1,3-4,7H2. The molecule has 0 bridgehead atoms. The maximum atomic E-state index is 13.7. The molecule has 2 nitrogen and oxygen atoms in total. The Morgan fingerprint density at radius 3 is 2.88 bits per heavy atom. The second-order valence-corrected chi connectivity index (χ2v) is 4.70. The summed E-state index contributed by atoms with van der Waals surface area (Å²) >= 11 is 5.63. The highest BCUT2D eigenvalue weighted by Crippen LogP contribution is 2.27. The van der Waals surface area contributed by atoms with Gasteiger partial charge in [-0.15, -0.1) is 0 Å². The number of Topliss-reactive ketones (excluding diaryl/α,β-unsaturated/α-hetero) is 2. The number of hydrogen-bond donors (Lipinski definition) is 0. The van der Waals surface area contributed by atoms with Gasteiger partial charge in [-0.3, -0.25) is 9.59 Å². The summed E-state index contributed by atoms with van der Waals surface area (Å²) in [6.45, 7) is 0. The monoisotopic (exact) mass is 254 g/mol. The van der Waals surface area contributed by atoms with Crippen LogP contribution in [0.3, 0.4) is 0 Å². The van der Waals surface area contributed by atoms with Crippen LogP contribution in [0.1, 0.15) is 36.0 Å². The van der Waals surface area contributed by atoms with Crippen LogP contribution >= 0.6 is 11.6 Å². The Morgan fingerprint density at radius 1 is 1.41 bits per heavy atom. The van der Waals surface area contributed by atoms with E-state index in [9.17, 15) is 14.0 Å². The molecule has 1 saturated carbocycles. The summed E-state index contributed by atoms with van der Waals surface area (Å²) in [5.74, 6) is -1.29. The van der Waals surface area contributed by atoms with E-state index in [1.54, 1.807) is 6.07 Å². The summed E-state index contributed by atoms with van der Waals surface area (Å²) in [4.78, 5) is 23.4. The van der Waals surface area contributed by atoms with Gasteiger partial charge in [-0.1, -0.05) is 17.7 Å². The summed E-state index contributed by atoms with van der Waals surface area (Å²) < 4.78 is 13.7. The van der Waals surface area contributed by atoms with Crippen molar-refractivity contribution in [2.75, 3.05) is 0 Å². The van der Waals surface area contributed by atoms with Crippen LogP contribution in [0.4, 0.5) is 4.39 Å². The molecule has 1 aliphatic carbocycles. The third kappa shape index (κ3) is 2.55. The van der Waals surface area contributed by atoms with Crippen LogP contribution in [-0.2, 0) is 4.79 Å². The average Bonchev–Trinajstić information content (AvgIpc) is 2.32. The second kappa shape index (κ2) is 4.96. The second-order valence-electron chi connectivity index (χ2n) is 4.30. The Labute approximate surface area is 104 Å². The average molecular weight is 255 g/mol. The van der Waals surface area contributed by atoms with Crippen molar-refractivity contribution in [1.82, 2.24) is 0 Å². The number of hydrogen-bond acceptors (Lipinski definition) is 2. The van der Waals surface area contributed by atoms with Crippen LogP contribution in [0, 0.1) is 11.7 Å². The highest BCUT2D eigenvalue weighted by Gasteiger charge is 2.28. The molecule has 1 aromatic rings. The van der Waals surface area contributed by atoms with Crippen LogP contribution in [0.25, 0.3) is 0 Å². The van der Waals surface area contributed by atoms with Crippen LogP contribution < -0.4 is 0 Å². The largest absolute Gasteiger partial charge is 0.300 e. The smallest absolute Gasteiger partial charge is 0.169 e. The lowest BCUT2D eigenvalue weighted by Crippen LogP contribution is -2.23. The van der Waals surface area contributed by atoms with Gasteiger partial charge in [0.05, 0.1) is 10.6 Å². The van der Waals surface area contributed by atoms with Gasteiger partial charge in [-0.2, -0.15) is 0 Å². The third-order valence-corrected chi connectivity index (χ3v) is 3.36. The van der Waals surface area contributed by atoms with Crippen LogP contribution in [0.5, 0.6) is 0 Å². The molecule has 1 atom stereocenters. The summed E-state index contributed by atoms with van der Waals surface area (Å²) in [6.07, 6.45) is 2.11. The number of halogens is 2. The molecule has 4 heteroatoms. The van der Waals surface area contributed by atoms with Gasteiger partial charge in [0.15, 0.2) is 11.6 Å². The minimum atomic E-state index is -0.683. The predicted octanol–water partition coefficient (Wildman–Crippen LogP) is 3.42. The Kier molecular flexibility index (Phi) is 3.57. The van der Waals surface area contributed by atoms with E-state index in [1.165, 1.54) is 12.1 Å². The molecule has 2 rings (SSSR count). The molecule has 0 saturated heterocycles. The molecule has 17 heavy (non-hydrogen) atoms. The first-order chi connectivity index (χ1) is 8.09. The topological polar surface area (TPSA) is 34.1 Å². The quantitative estimate of drug-likeness (QED) is 0.758. The Morgan fingerprint density at radius 2 is 2.18 bits per heavy atom. The molecule has 0 aromatic heterocycles. The van der Waals surface area contributed by atoms with E-state index in [0.717, 1.165) is 0 Å². The van der Waals surface area contributed by atoms with Gasteiger partial charge in [-0.05, 0) is 25.0 Å². The van der Waals surface area contributed by atoms with Crippen molar-refractivity contribution < 1.29 is 14.0 Å². The zero-order chi connectivity index (χ0) is 12.4. The van der Waals surface area contributed by atoms with Gasteiger partial charge in [0.25, 0.3) is 0 Å². The van der Waals surface area contributed by atoms with Gasteiger partial charge in [0, 0.05) is 18.8 Å². The molecule has 0 radical (unpaired) electrons. The maximum Gasteiger partial charge on any atom is 0.169 e. The fraction of sp³-hybridized carbons (Fsp3) is 0.385. The lowest BCUT2D eigenvalue weighted by molar-refractivity contribution is -0.121. The number of benzene rings is 1. The van der Waals surface area contributed by atoms with E-state index in [4.69, 9.17) is 11.6 Å². The van der Waals surface area contributed by atoms with E-state index in [2.05, 4.69) is 0 Å². The number of carbonyl (C=O) groups is 2. The van der Waals surface area contributed by atoms with Gasteiger partial charge in [0.1, 0.15) is 5.78 Å². The summed E-state index contributed by atoms with van der Waals surface area (Å²) in [7, 11) is 0. The fourth-order valence-corrected chi connectivity index (χ4v) is 2.34. The van der Waals surface area contributed by atoms with Crippen molar-refractivity contribution in [3.63, 3.8) is 0 Å². The van der Waals surface area contributed by atoms with Gasteiger partial charge in [-0.25, -0.2) is 4.39 Å². The van der Waals surface area contributed by atoms with Crippen molar-refractivity contribution in [2.24, 2.45) is 5.92 Å². The van der Waals surface area contributed by atoms with Crippen molar-refractivity contribution in [3.05, 3.63) is 34.6 Å². The zero-order valence-corrected chi connectivity index (χ0v) is 9.97. The lowest BCUT2D eigenvalue weighted by Gasteiger charge is -2.19. The van der Waals surface area contributed by atoms with E-state index in [-0.39, 0.29) is 34.5 Å². The molecule has 0 spiro atoms. The summed E-state index contributed by atoms with van der Waals surface area (Å²) in [5, 5.41) is -0.0574. The van der Waals surface area contributed by atoms with E-state index in [1.807, 2.05) is 0 Å². The molecule has 1 aliphatic rings. The van der Waals surface area contributed by atoms with Crippen molar-refractivity contribution in [2.45, 2.75) is 25.7 Å². The highest BCUT2D eigenvalue weighted by molar-refractivity contribution is 6.31. The molecule has 90 valence electrons. The fourth-order valence-electron chi connectivity index (χ4n) is 2.16. The molecule has 0 N–H and O–H groups in total. The Balaban J connectivity index is 2.24. The number of carbonyl (C=O) groups excluding carboxylic acids is 2. The molecule has 1 aromatic carbocycles. The summed E-state index contributed by atoms with van der Waals surface area (Å²) in [6, 6.07) is 4.37. The molecular weight excluding hydrogens is 243 g/mol. The molecule has 0 heterocycles. The van der Waals surface area contributed by atoms with Gasteiger partial charge in [0.2, 0.25) is 0 Å². The van der Waals surface area contributed by atoms with Crippen molar-refractivity contribution >= 4 is 23.2 Å². The first-order valence-electron chi connectivity index (χ1n) is 5.59. The zero-order valence-electron chi connectivity index (χ0n) is 9.21. The Hall–Kier alpha value is -1.22. The highest BCUT2D eigenvalue weighted by atomic mass is 35.5. The molecular formula is C13H12ClFO2. The SMILES string of the molecule is O=C1CCCC(C(=O)c2cccc(Cl)c2F)C1. The Bertz CT molecular complexity index is 470. The minimum Gasteiger partial charge on any atom is -0.300 e. The predicted molar refractivity (Wildman–Crippen MR) is 62.7 cm³/mol. The van der Waals surface area contributed by atoms with Crippen LogP contribution in [-0.4, -0.2) is 11.6 Å². The molecule has 1 fully saturated rings. The molecule has 0 aliphatic heterocycles. The van der Waals surface area contributed by atoms with E-state index in [0.29, 0.717) is 19.3 Å². The minimum absolute atomic E-state index is 0.00259. The number of rotatable bonds is 2. The summed E-state index contributed by atoms with van der Waals surface area (Å²) in [5.41, 5.74) is -0.00259. The maximum absolute atomic E-state index is 13.7.